The highest BCUT2D eigenvalue weighted by Gasteiger charge is 2.16. The zero-order chi connectivity index (χ0) is 14.5. The van der Waals surface area contributed by atoms with Crippen molar-refractivity contribution in [3.05, 3.63) is 65.7 Å². The van der Waals surface area contributed by atoms with Crippen molar-refractivity contribution in [2.75, 3.05) is 18.0 Å². The first-order chi connectivity index (χ1) is 10.3. The second-order valence-corrected chi connectivity index (χ2v) is 5.61. The van der Waals surface area contributed by atoms with Crippen LogP contribution in [0, 0.1) is 0 Å². The zero-order valence-corrected chi connectivity index (χ0v) is 12.3. The number of fused-ring (bicyclic) bond motifs is 1. The summed E-state index contributed by atoms with van der Waals surface area (Å²) >= 11 is 0. The van der Waals surface area contributed by atoms with Crippen molar-refractivity contribution in [3.8, 4) is 0 Å². The number of aryl methyl sites for hydroxylation is 1. The van der Waals surface area contributed by atoms with Gasteiger partial charge in [-0.05, 0) is 30.9 Å². The van der Waals surface area contributed by atoms with Gasteiger partial charge in [-0.15, -0.1) is 0 Å². The van der Waals surface area contributed by atoms with Gasteiger partial charge in [0, 0.05) is 30.8 Å². The van der Waals surface area contributed by atoms with Crippen molar-refractivity contribution < 1.29 is 4.79 Å². The van der Waals surface area contributed by atoms with Crippen LogP contribution in [0.4, 0.5) is 5.69 Å². The van der Waals surface area contributed by atoms with Gasteiger partial charge in [0.2, 0.25) is 0 Å². The number of rotatable bonds is 4. The van der Waals surface area contributed by atoms with Gasteiger partial charge in [-0.2, -0.15) is 0 Å². The Morgan fingerprint density at radius 2 is 1.71 bits per heavy atom. The summed E-state index contributed by atoms with van der Waals surface area (Å²) < 4.78 is 0. The minimum absolute atomic E-state index is 0.234. The lowest BCUT2D eigenvalue weighted by Crippen LogP contribution is -2.27. The molecule has 21 heavy (non-hydrogen) atoms. The summed E-state index contributed by atoms with van der Waals surface area (Å²) in [6.07, 6.45) is 4.17. The molecule has 0 fully saturated rings. The molecule has 2 aromatic rings. The van der Waals surface area contributed by atoms with Gasteiger partial charge in [-0.25, -0.2) is 0 Å². The lowest BCUT2D eigenvalue weighted by Gasteiger charge is -2.24. The normalized spacial score (nSPS) is 14.4. The summed E-state index contributed by atoms with van der Waals surface area (Å²) in [4.78, 5) is 14.6. The SMILES string of the molecule is O=C(CCN1CCCCc2ccccc21)c1ccccc1. The summed E-state index contributed by atoms with van der Waals surface area (Å²) in [5.41, 5.74) is 3.55. The van der Waals surface area contributed by atoms with Crippen LogP contribution in [0.1, 0.15) is 35.2 Å². The smallest absolute Gasteiger partial charge is 0.164 e. The van der Waals surface area contributed by atoms with E-state index in [4.69, 9.17) is 0 Å². The highest BCUT2D eigenvalue weighted by molar-refractivity contribution is 5.96. The first kappa shape index (κ1) is 13.9. The van der Waals surface area contributed by atoms with Crippen LogP contribution in [0.3, 0.4) is 0 Å². The lowest BCUT2D eigenvalue weighted by molar-refractivity contribution is 0.0984. The maximum atomic E-state index is 12.3. The summed E-state index contributed by atoms with van der Waals surface area (Å²) in [5.74, 6) is 0.234. The molecule has 0 saturated heterocycles. The predicted octanol–water partition coefficient (Wildman–Crippen LogP) is 4.10. The Kier molecular flexibility index (Phi) is 4.34. The quantitative estimate of drug-likeness (QED) is 0.785. The van der Waals surface area contributed by atoms with Gasteiger partial charge in [-0.3, -0.25) is 4.79 Å². The lowest BCUT2D eigenvalue weighted by atomic mass is 10.1. The van der Waals surface area contributed by atoms with Gasteiger partial charge in [-0.1, -0.05) is 48.5 Å². The maximum absolute atomic E-state index is 12.3. The highest BCUT2D eigenvalue weighted by atomic mass is 16.1. The van der Waals surface area contributed by atoms with E-state index in [9.17, 15) is 4.79 Å². The maximum Gasteiger partial charge on any atom is 0.164 e. The number of benzene rings is 2. The first-order valence-electron chi connectivity index (χ1n) is 7.76. The van der Waals surface area contributed by atoms with Crippen molar-refractivity contribution in [2.45, 2.75) is 25.7 Å². The molecule has 0 N–H and O–H groups in total. The standard InChI is InChI=1S/C19H21NO/c21-19(17-10-2-1-3-11-17)13-15-20-14-7-6-9-16-8-4-5-12-18(16)20/h1-5,8,10-12H,6-7,9,13-15H2. The molecule has 0 unspecified atom stereocenters. The van der Waals surface area contributed by atoms with Gasteiger partial charge in [0.15, 0.2) is 5.78 Å². The van der Waals surface area contributed by atoms with Crippen LogP contribution < -0.4 is 4.90 Å². The molecule has 2 heteroatoms. The van der Waals surface area contributed by atoms with Crippen LogP contribution in [0.5, 0.6) is 0 Å². The van der Waals surface area contributed by atoms with E-state index >= 15 is 0 Å². The second kappa shape index (κ2) is 6.57. The van der Waals surface area contributed by atoms with E-state index in [1.807, 2.05) is 30.3 Å². The van der Waals surface area contributed by atoms with Crippen molar-refractivity contribution in [2.24, 2.45) is 0 Å². The fourth-order valence-corrected chi connectivity index (χ4v) is 3.01. The number of ketones is 1. The average molecular weight is 279 g/mol. The minimum Gasteiger partial charge on any atom is -0.371 e. The van der Waals surface area contributed by atoms with Gasteiger partial charge in [0.25, 0.3) is 0 Å². The molecule has 0 aliphatic carbocycles. The van der Waals surface area contributed by atoms with Crippen molar-refractivity contribution >= 4 is 11.5 Å². The number of Topliss-reactive ketones (excluding diaryl/α,β-unsaturated/α-hetero) is 1. The van der Waals surface area contributed by atoms with Crippen LogP contribution in [0.2, 0.25) is 0 Å². The molecule has 0 saturated carbocycles. The largest absolute Gasteiger partial charge is 0.371 e. The Labute approximate surface area is 126 Å². The van der Waals surface area contributed by atoms with Gasteiger partial charge in [0.05, 0.1) is 0 Å². The molecule has 1 aliphatic rings. The third kappa shape index (κ3) is 3.33. The van der Waals surface area contributed by atoms with E-state index < -0.39 is 0 Å². The topological polar surface area (TPSA) is 20.3 Å². The van der Waals surface area contributed by atoms with Crippen LogP contribution in [-0.2, 0) is 6.42 Å². The highest BCUT2D eigenvalue weighted by Crippen LogP contribution is 2.26. The first-order valence-corrected chi connectivity index (χ1v) is 7.76. The number of nitrogens with zero attached hydrogens (tertiary/aromatic N) is 1. The molecule has 2 nitrogen and oxygen atoms in total. The molecule has 0 radical (unpaired) electrons. The van der Waals surface area contributed by atoms with E-state index in [0.717, 1.165) is 25.1 Å². The molecule has 0 amide bonds. The second-order valence-electron chi connectivity index (χ2n) is 5.61. The molecule has 3 rings (SSSR count). The Morgan fingerprint density at radius 1 is 0.952 bits per heavy atom. The molecule has 1 heterocycles. The predicted molar refractivity (Wildman–Crippen MR) is 87.0 cm³/mol. The molecule has 0 spiro atoms. The third-order valence-corrected chi connectivity index (χ3v) is 4.16. The number of hydrogen-bond donors (Lipinski definition) is 0. The third-order valence-electron chi connectivity index (χ3n) is 4.16. The van der Waals surface area contributed by atoms with Gasteiger partial charge >= 0.3 is 0 Å². The molecule has 1 aliphatic heterocycles. The molecular weight excluding hydrogens is 258 g/mol. The molecule has 108 valence electrons. The van der Waals surface area contributed by atoms with Gasteiger partial charge < -0.3 is 4.90 Å². The Morgan fingerprint density at radius 3 is 2.57 bits per heavy atom. The van der Waals surface area contributed by atoms with E-state index in [1.165, 1.54) is 24.1 Å². The van der Waals surface area contributed by atoms with Crippen LogP contribution in [0.25, 0.3) is 0 Å². The minimum atomic E-state index is 0.234. The van der Waals surface area contributed by atoms with E-state index in [2.05, 4.69) is 29.2 Å². The van der Waals surface area contributed by atoms with E-state index in [1.54, 1.807) is 0 Å². The number of carbonyl (C=O) groups is 1. The molecule has 0 aromatic heterocycles. The van der Waals surface area contributed by atoms with Gasteiger partial charge in [0.1, 0.15) is 0 Å². The summed E-state index contributed by atoms with van der Waals surface area (Å²) in [5, 5.41) is 0. The van der Waals surface area contributed by atoms with E-state index in [-0.39, 0.29) is 5.78 Å². The molecule has 0 atom stereocenters. The summed E-state index contributed by atoms with van der Waals surface area (Å²) in [7, 11) is 0. The number of carbonyl (C=O) groups excluding carboxylic acids is 1. The zero-order valence-electron chi connectivity index (χ0n) is 12.3. The van der Waals surface area contributed by atoms with Crippen molar-refractivity contribution in [1.82, 2.24) is 0 Å². The Balaban J connectivity index is 1.69. The Hall–Kier alpha value is -2.09. The number of para-hydroxylation sites is 1. The monoisotopic (exact) mass is 279 g/mol. The van der Waals surface area contributed by atoms with Crippen LogP contribution in [-0.4, -0.2) is 18.9 Å². The Bertz CT molecular complexity index is 606. The average Bonchev–Trinajstić information content (AvgIpc) is 2.76. The molecule has 2 aromatic carbocycles. The fraction of sp³-hybridized carbons (Fsp3) is 0.316. The van der Waals surface area contributed by atoms with Crippen LogP contribution >= 0.6 is 0 Å². The van der Waals surface area contributed by atoms with Crippen molar-refractivity contribution in [1.29, 1.82) is 0 Å². The fourth-order valence-electron chi connectivity index (χ4n) is 3.01. The number of hydrogen-bond acceptors (Lipinski definition) is 2. The van der Waals surface area contributed by atoms with Crippen molar-refractivity contribution in [3.63, 3.8) is 0 Å². The summed E-state index contributed by atoms with van der Waals surface area (Å²) in [6, 6.07) is 18.2. The summed E-state index contributed by atoms with van der Waals surface area (Å²) in [6.45, 7) is 1.86. The molecular formula is C19H21NO. The number of anilines is 1. The van der Waals surface area contributed by atoms with E-state index in [0.29, 0.717) is 6.42 Å². The molecule has 0 bridgehead atoms. The van der Waals surface area contributed by atoms with Crippen LogP contribution in [0.15, 0.2) is 54.6 Å².